The van der Waals surface area contributed by atoms with E-state index in [1.165, 1.54) is 6.92 Å². The first kappa shape index (κ1) is 9.53. The Labute approximate surface area is 58.7 Å². The molecule has 10 heavy (non-hydrogen) atoms. The van der Waals surface area contributed by atoms with Gasteiger partial charge in [-0.05, 0) is 12.5 Å². The van der Waals surface area contributed by atoms with E-state index >= 15 is 0 Å². The minimum absolute atomic E-state index is 0.128. The summed E-state index contributed by atoms with van der Waals surface area (Å²) in [6, 6.07) is 0. The predicted octanol–water partition coefficient (Wildman–Crippen LogP) is 2.95. The zero-order valence-corrected chi connectivity index (χ0v) is 5.91. The number of halogens is 3. The van der Waals surface area contributed by atoms with E-state index in [0.717, 1.165) is 0 Å². The second kappa shape index (κ2) is 3.64. The first-order chi connectivity index (χ1) is 4.52. The molecular weight excluding hydrogens is 141 g/mol. The number of alkyl halides is 3. The molecule has 0 aliphatic rings. The van der Waals surface area contributed by atoms with Gasteiger partial charge in [-0.25, -0.2) is 13.2 Å². The molecule has 0 heterocycles. The largest absolute Gasteiger partial charge is 0.269 e. The van der Waals surface area contributed by atoms with Gasteiger partial charge in [0, 0.05) is 6.42 Å². The SMILES string of the molecule is C=CC(F)(F)CC(F)CC. The van der Waals surface area contributed by atoms with Crippen LogP contribution in [0, 0.1) is 0 Å². The van der Waals surface area contributed by atoms with E-state index in [9.17, 15) is 13.2 Å². The first-order valence-electron chi connectivity index (χ1n) is 3.17. The fraction of sp³-hybridized carbons (Fsp3) is 0.714. The lowest BCUT2D eigenvalue weighted by Gasteiger charge is -2.12. The Bertz CT molecular complexity index is 109. The van der Waals surface area contributed by atoms with Crippen molar-refractivity contribution in [2.75, 3.05) is 0 Å². The van der Waals surface area contributed by atoms with E-state index < -0.39 is 18.5 Å². The van der Waals surface area contributed by atoms with Gasteiger partial charge in [0.05, 0.1) is 0 Å². The summed E-state index contributed by atoms with van der Waals surface area (Å²) >= 11 is 0. The summed E-state index contributed by atoms with van der Waals surface area (Å²) in [7, 11) is 0. The molecule has 0 spiro atoms. The summed E-state index contributed by atoms with van der Waals surface area (Å²) in [6.45, 7) is 4.43. The summed E-state index contributed by atoms with van der Waals surface area (Å²) in [5, 5.41) is 0. The lowest BCUT2D eigenvalue weighted by molar-refractivity contribution is 0.0197. The molecule has 0 aliphatic heterocycles. The monoisotopic (exact) mass is 152 g/mol. The third-order valence-electron chi connectivity index (χ3n) is 1.24. The Balaban J connectivity index is 3.75. The third kappa shape index (κ3) is 3.54. The second-order valence-electron chi connectivity index (χ2n) is 2.17. The topological polar surface area (TPSA) is 0 Å². The number of hydrogen-bond acceptors (Lipinski definition) is 0. The van der Waals surface area contributed by atoms with E-state index in [-0.39, 0.29) is 6.42 Å². The van der Waals surface area contributed by atoms with Crippen molar-refractivity contribution in [3.05, 3.63) is 12.7 Å². The van der Waals surface area contributed by atoms with Crippen LogP contribution in [0.15, 0.2) is 12.7 Å². The summed E-state index contributed by atoms with van der Waals surface area (Å²) < 4.78 is 36.8. The van der Waals surface area contributed by atoms with Crippen molar-refractivity contribution in [3.63, 3.8) is 0 Å². The summed E-state index contributed by atoms with van der Waals surface area (Å²) in [6.07, 6.45) is -1.56. The molecule has 0 fully saturated rings. The molecule has 0 aromatic carbocycles. The Morgan fingerprint density at radius 2 is 2.10 bits per heavy atom. The standard InChI is InChI=1S/C7H11F3/c1-3-6(8)5-7(9,10)4-2/h4,6H,2-3,5H2,1H3. The van der Waals surface area contributed by atoms with Crippen LogP contribution >= 0.6 is 0 Å². The maximum Gasteiger partial charge on any atom is 0.269 e. The molecule has 0 N–H and O–H groups in total. The van der Waals surface area contributed by atoms with Crippen molar-refractivity contribution in [3.8, 4) is 0 Å². The molecule has 0 aliphatic carbocycles. The molecule has 0 bridgehead atoms. The highest BCUT2D eigenvalue weighted by atomic mass is 19.3. The minimum Gasteiger partial charge on any atom is -0.247 e. The molecule has 1 atom stereocenters. The minimum atomic E-state index is -3.05. The van der Waals surface area contributed by atoms with Crippen molar-refractivity contribution in [1.82, 2.24) is 0 Å². The van der Waals surface area contributed by atoms with Crippen LogP contribution in [0.5, 0.6) is 0 Å². The van der Waals surface area contributed by atoms with Gasteiger partial charge in [0.15, 0.2) is 0 Å². The zero-order chi connectivity index (χ0) is 8.20. The predicted molar refractivity (Wildman–Crippen MR) is 34.9 cm³/mol. The first-order valence-corrected chi connectivity index (χ1v) is 3.17. The van der Waals surface area contributed by atoms with Crippen LogP contribution in [0.3, 0.4) is 0 Å². The van der Waals surface area contributed by atoms with Gasteiger partial charge in [0.1, 0.15) is 6.17 Å². The van der Waals surface area contributed by atoms with Crippen LogP contribution in [0.1, 0.15) is 19.8 Å². The highest BCUT2D eigenvalue weighted by molar-refractivity contribution is 4.88. The lowest BCUT2D eigenvalue weighted by atomic mass is 10.1. The number of rotatable bonds is 4. The fourth-order valence-electron chi connectivity index (χ4n) is 0.523. The molecular formula is C7H11F3. The molecule has 0 nitrogen and oxygen atoms in total. The Hall–Kier alpha value is -0.470. The van der Waals surface area contributed by atoms with Gasteiger partial charge in [-0.2, -0.15) is 0 Å². The lowest BCUT2D eigenvalue weighted by Crippen LogP contribution is -2.17. The summed E-state index contributed by atoms with van der Waals surface area (Å²) in [5.74, 6) is -3.05. The molecule has 0 radical (unpaired) electrons. The highest BCUT2D eigenvalue weighted by Gasteiger charge is 2.27. The molecule has 0 aromatic rings. The quantitative estimate of drug-likeness (QED) is 0.543. The maximum atomic E-state index is 12.3. The number of allylic oxidation sites excluding steroid dienone is 1. The summed E-state index contributed by atoms with van der Waals surface area (Å²) in [5.41, 5.74) is 0. The van der Waals surface area contributed by atoms with E-state index in [0.29, 0.717) is 6.08 Å². The van der Waals surface area contributed by atoms with Gasteiger partial charge >= 0.3 is 0 Å². The van der Waals surface area contributed by atoms with Crippen LogP contribution in [0.25, 0.3) is 0 Å². The van der Waals surface area contributed by atoms with Gasteiger partial charge in [-0.1, -0.05) is 13.5 Å². The van der Waals surface area contributed by atoms with Crippen LogP contribution in [0.2, 0.25) is 0 Å². The van der Waals surface area contributed by atoms with Gasteiger partial charge < -0.3 is 0 Å². The van der Waals surface area contributed by atoms with E-state index in [1.54, 1.807) is 0 Å². The molecule has 0 rings (SSSR count). The normalized spacial score (nSPS) is 14.8. The van der Waals surface area contributed by atoms with Crippen LogP contribution in [-0.4, -0.2) is 12.1 Å². The Kier molecular flexibility index (Phi) is 3.47. The van der Waals surface area contributed by atoms with Crippen LogP contribution in [0.4, 0.5) is 13.2 Å². The molecule has 0 saturated heterocycles. The maximum absolute atomic E-state index is 12.3. The molecule has 1 unspecified atom stereocenters. The van der Waals surface area contributed by atoms with E-state index in [2.05, 4.69) is 6.58 Å². The van der Waals surface area contributed by atoms with Crippen molar-refractivity contribution >= 4 is 0 Å². The molecule has 0 saturated carbocycles. The average molecular weight is 152 g/mol. The Morgan fingerprint density at radius 1 is 1.60 bits per heavy atom. The van der Waals surface area contributed by atoms with Crippen molar-refractivity contribution in [2.45, 2.75) is 31.9 Å². The molecule has 0 amide bonds. The van der Waals surface area contributed by atoms with E-state index in [1.807, 2.05) is 0 Å². The van der Waals surface area contributed by atoms with Gasteiger partial charge in [0.2, 0.25) is 0 Å². The molecule has 3 heteroatoms. The fourth-order valence-corrected chi connectivity index (χ4v) is 0.523. The third-order valence-corrected chi connectivity index (χ3v) is 1.24. The molecule has 0 aromatic heterocycles. The van der Waals surface area contributed by atoms with Gasteiger partial charge in [-0.3, -0.25) is 0 Å². The Morgan fingerprint density at radius 3 is 2.40 bits per heavy atom. The second-order valence-corrected chi connectivity index (χ2v) is 2.17. The smallest absolute Gasteiger partial charge is 0.247 e. The van der Waals surface area contributed by atoms with Crippen LogP contribution in [-0.2, 0) is 0 Å². The van der Waals surface area contributed by atoms with Gasteiger partial charge in [0.25, 0.3) is 5.92 Å². The van der Waals surface area contributed by atoms with Crippen molar-refractivity contribution < 1.29 is 13.2 Å². The van der Waals surface area contributed by atoms with Crippen molar-refractivity contribution in [2.24, 2.45) is 0 Å². The van der Waals surface area contributed by atoms with E-state index in [4.69, 9.17) is 0 Å². The number of hydrogen-bond donors (Lipinski definition) is 0. The van der Waals surface area contributed by atoms with Crippen molar-refractivity contribution in [1.29, 1.82) is 0 Å². The zero-order valence-electron chi connectivity index (χ0n) is 5.91. The van der Waals surface area contributed by atoms with Gasteiger partial charge in [-0.15, -0.1) is 0 Å². The van der Waals surface area contributed by atoms with Crippen LogP contribution < -0.4 is 0 Å². The average Bonchev–Trinajstić information content (AvgIpc) is 1.87. The highest BCUT2D eigenvalue weighted by Crippen LogP contribution is 2.23. The summed E-state index contributed by atoms with van der Waals surface area (Å²) in [4.78, 5) is 0. The molecule has 60 valence electrons.